The molecule has 1 saturated heterocycles. The summed E-state index contributed by atoms with van der Waals surface area (Å²) in [4.78, 5) is 24.8. The van der Waals surface area contributed by atoms with Crippen molar-refractivity contribution in [2.45, 2.75) is 31.6 Å². The molecule has 1 atom stereocenters. The third-order valence-corrected chi connectivity index (χ3v) is 7.78. The van der Waals surface area contributed by atoms with Crippen molar-refractivity contribution in [1.82, 2.24) is 14.9 Å². The van der Waals surface area contributed by atoms with E-state index < -0.39 is 14.6 Å². The molecule has 10 heteroatoms. The van der Waals surface area contributed by atoms with Crippen molar-refractivity contribution in [3.05, 3.63) is 36.0 Å². The van der Waals surface area contributed by atoms with Crippen molar-refractivity contribution in [1.29, 1.82) is 0 Å². The van der Waals surface area contributed by atoms with Crippen molar-refractivity contribution in [3.8, 4) is 11.4 Å². The molecular weight excluding hydrogens is 430 g/mol. The molecule has 0 spiro atoms. The Hall–Kier alpha value is -2.72. The van der Waals surface area contributed by atoms with Crippen molar-refractivity contribution < 1.29 is 17.9 Å². The van der Waals surface area contributed by atoms with Crippen LogP contribution in [0.15, 0.2) is 30.3 Å². The van der Waals surface area contributed by atoms with Crippen molar-refractivity contribution in [2.24, 2.45) is 0 Å². The average molecular weight is 462 g/mol. The number of carbonyl (C=O) groups is 1. The molecule has 3 rings (SSSR count). The first-order valence-corrected chi connectivity index (χ1v) is 12.3. The highest BCUT2D eigenvalue weighted by molar-refractivity contribution is 7.91. The summed E-state index contributed by atoms with van der Waals surface area (Å²) in [5.41, 5.74) is 1.80. The number of nitrogens with zero attached hydrogens (tertiary/aromatic N) is 4. The molecule has 32 heavy (non-hydrogen) atoms. The normalized spacial score (nSPS) is 17.2. The summed E-state index contributed by atoms with van der Waals surface area (Å²) < 4.78 is 29.4. The van der Waals surface area contributed by atoms with Gasteiger partial charge in [0.05, 0.1) is 24.9 Å². The molecule has 1 aliphatic heterocycles. The van der Waals surface area contributed by atoms with Crippen molar-refractivity contribution >= 4 is 27.4 Å². The Balaban J connectivity index is 2.05. The number of benzene rings is 1. The predicted octanol–water partition coefficient (Wildman–Crippen LogP) is 2.74. The van der Waals surface area contributed by atoms with Gasteiger partial charge in [-0.1, -0.05) is 0 Å². The van der Waals surface area contributed by atoms with Gasteiger partial charge in [-0.3, -0.25) is 0 Å². The number of nitrogens with one attached hydrogen (secondary N) is 1. The molecule has 0 unspecified atom stereocenters. The zero-order valence-electron chi connectivity index (χ0n) is 19.4. The Labute approximate surface area is 189 Å². The van der Waals surface area contributed by atoms with Gasteiger partial charge in [0.25, 0.3) is 0 Å². The maximum Gasteiger partial charge on any atom is 0.321 e. The van der Waals surface area contributed by atoms with Gasteiger partial charge in [0, 0.05) is 44.2 Å². The number of amides is 2. The topological polar surface area (TPSA) is 105 Å². The fourth-order valence-corrected chi connectivity index (χ4v) is 3.70. The van der Waals surface area contributed by atoms with Crippen LogP contribution < -0.4 is 10.2 Å². The SMILES string of the molecule is C[C@H]1COCCN1c1cc(C(C)(C)S(C)(=O)=O)nc(-c2ccc(NC(=O)N(C)C)cc2)n1. The second-order valence-electron chi connectivity index (χ2n) is 8.74. The lowest BCUT2D eigenvalue weighted by Crippen LogP contribution is -2.44. The summed E-state index contributed by atoms with van der Waals surface area (Å²) in [6, 6.07) is 8.79. The lowest BCUT2D eigenvalue weighted by Gasteiger charge is -2.35. The van der Waals surface area contributed by atoms with Crippen LogP contribution in [0.4, 0.5) is 16.3 Å². The lowest BCUT2D eigenvalue weighted by atomic mass is 10.1. The molecule has 1 aromatic heterocycles. The highest BCUT2D eigenvalue weighted by Crippen LogP contribution is 2.32. The lowest BCUT2D eigenvalue weighted by molar-refractivity contribution is 0.0985. The molecule has 0 aliphatic carbocycles. The highest BCUT2D eigenvalue weighted by Gasteiger charge is 2.35. The summed E-state index contributed by atoms with van der Waals surface area (Å²) in [7, 11) is -0.0946. The molecule has 0 bridgehead atoms. The van der Waals surface area contributed by atoms with E-state index in [0.29, 0.717) is 42.8 Å². The number of sulfone groups is 1. The minimum Gasteiger partial charge on any atom is -0.377 e. The molecule has 2 aromatic rings. The Morgan fingerprint density at radius 2 is 1.88 bits per heavy atom. The van der Waals surface area contributed by atoms with E-state index in [9.17, 15) is 13.2 Å². The van der Waals surface area contributed by atoms with Crippen LogP contribution in [0.5, 0.6) is 0 Å². The van der Waals surface area contributed by atoms with Crippen LogP contribution in [-0.4, -0.2) is 75.5 Å². The Bertz CT molecular complexity index is 1080. The molecule has 174 valence electrons. The quantitative estimate of drug-likeness (QED) is 0.730. The summed E-state index contributed by atoms with van der Waals surface area (Å²) in [5, 5.41) is 2.79. The standard InChI is InChI=1S/C22H31N5O4S/c1-15-14-31-12-11-27(15)19-13-18(22(2,3)32(6,29)30)24-20(25-19)16-7-9-17(10-8-16)23-21(28)26(4)5/h7-10,13,15H,11-12,14H2,1-6H3,(H,23,28)/t15-/m0/s1. The van der Waals surface area contributed by atoms with Crippen LogP contribution in [0.1, 0.15) is 26.5 Å². The van der Waals surface area contributed by atoms with E-state index in [1.165, 1.54) is 11.2 Å². The Morgan fingerprint density at radius 1 is 1.22 bits per heavy atom. The smallest absolute Gasteiger partial charge is 0.321 e. The Kier molecular flexibility index (Phi) is 6.75. The van der Waals surface area contributed by atoms with E-state index in [4.69, 9.17) is 9.72 Å². The third kappa shape index (κ3) is 5.02. The van der Waals surface area contributed by atoms with E-state index in [1.807, 2.05) is 19.1 Å². The van der Waals surface area contributed by atoms with Gasteiger partial charge >= 0.3 is 6.03 Å². The van der Waals surface area contributed by atoms with Gasteiger partial charge in [-0.25, -0.2) is 23.2 Å². The van der Waals surface area contributed by atoms with E-state index in [1.54, 1.807) is 46.1 Å². The minimum atomic E-state index is -3.43. The number of rotatable bonds is 5. The molecule has 1 aromatic carbocycles. The summed E-state index contributed by atoms with van der Waals surface area (Å²) in [6.45, 7) is 7.16. The molecular formula is C22H31N5O4S. The fourth-order valence-electron chi connectivity index (χ4n) is 3.21. The van der Waals surface area contributed by atoms with Gasteiger partial charge in [0.1, 0.15) is 10.6 Å². The fraction of sp³-hybridized carbons (Fsp3) is 0.500. The molecule has 1 N–H and O–H groups in total. The highest BCUT2D eigenvalue weighted by atomic mass is 32.2. The maximum absolute atomic E-state index is 12.5. The largest absolute Gasteiger partial charge is 0.377 e. The second-order valence-corrected chi connectivity index (χ2v) is 11.3. The second kappa shape index (κ2) is 9.03. The maximum atomic E-state index is 12.5. The molecule has 0 saturated carbocycles. The molecule has 1 fully saturated rings. The van der Waals surface area contributed by atoms with Gasteiger partial charge < -0.3 is 19.9 Å². The molecule has 9 nitrogen and oxygen atoms in total. The van der Waals surface area contributed by atoms with Gasteiger partial charge in [0.2, 0.25) is 0 Å². The summed E-state index contributed by atoms with van der Waals surface area (Å²) >= 11 is 0. The van der Waals surface area contributed by atoms with Crippen LogP contribution in [-0.2, 0) is 19.3 Å². The van der Waals surface area contributed by atoms with Crippen LogP contribution in [0.2, 0.25) is 0 Å². The first-order chi connectivity index (χ1) is 14.9. The molecule has 0 radical (unpaired) electrons. The number of carbonyl (C=O) groups excluding carboxylic acids is 1. The number of hydrogen-bond acceptors (Lipinski definition) is 7. The van der Waals surface area contributed by atoms with Crippen LogP contribution in [0, 0.1) is 0 Å². The van der Waals surface area contributed by atoms with E-state index in [2.05, 4.69) is 15.2 Å². The molecule has 1 aliphatic rings. The van der Waals surface area contributed by atoms with Gasteiger partial charge in [-0.2, -0.15) is 0 Å². The number of aromatic nitrogens is 2. The summed E-state index contributed by atoms with van der Waals surface area (Å²) in [6.07, 6.45) is 1.22. The first kappa shape index (κ1) is 23.9. The zero-order valence-corrected chi connectivity index (χ0v) is 20.2. The van der Waals surface area contributed by atoms with E-state index >= 15 is 0 Å². The first-order valence-electron chi connectivity index (χ1n) is 10.4. The van der Waals surface area contributed by atoms with Gasteiger partial charge in [-0.05, 0) is 45.0 Å². The number of ether oxygens (including phenoxy) is 1. The average Bonchev–Trinajstić information content (AvgIpc) is 2.73. The number of morpholine rings is 1. The minimum absolute atomic E-state index is 0.101. The number of anilines is 2. The predicted molar refractivity (Wildman–Crippen MR) is 126 cm³/mol. The van der Waals surface area contributed by atoms with Crippen molar-refractivity contribution in [2.75, 3.05) is 50.3 Å². The van der Waals surface area contributed by atoms with Gasteiger partial charge in [-0.15, -0.1) is 0 Å². The summed E-state index contributed by atoms with van der Waals surface area (Å²) in [5.74, 6) is 1.10. The third-order valence-electron chi connectivity index (χ3n) is 5.72. The molecule has 2 heterocycles. The number of urea groups is 1. The van der Waals surface area contributed by atoms with Crippen LogP contribution in [0.3, 0.4) is 0 Å². The monoisotopic (exact) mass is 461 g/mol. The van der Waals surface area contributed by atoms with E-state index in [-0.39, 0.29) is 12.1 Å². The molecule has 2 amide bonds. The van der Waals surface area contributed by atoms with Crippen LogP contribution in [0.25, 0.3) is 11.4 Å². The Morgan fingerprint density at radius 3 is 2.44 bits per heavy atom. The zero-order chi connectivity index (χ0) is 23.7. The number of hydrogen-bond donors (Lipinski definition) is 1. The van der Waals surface area contributed by atoms with Crippen LogP contribution >= 0.6 is 0 Å². The van der Waals surface area contributed by atoms with Crippen molar-refractivity contribution in [3.63, 3.8) is 0 Å². The van der Waals surface area contributed by atoms with E-state index in [0.717, 1.165) is 5.56 Å². The van der Waals surface area contributed by atoms with Gasteiger partial charge in [0.15, 0.2) is 15.7 Å².